The molecule has 0 spiro atoms. The number of benzene rings is 1. The SMILES string of the molecule is O=C(NCC1CCOC1)C1CCCN(C(=O)Cc2ccc(F)cc2)C1. The highest BCUT2D eigenvalue weighted by Crippen LogP contribution is 2.19. The van der Waals surface area contributed by atoms with Crippen molar-refractivity contribution in [2.45, 2.75) is 25.7 Å². The summed E-state index contributed by atoms with van der Waals surface area (Å²) in [6.45, 7) is 3.29. The molecule has 3 rings (SSSR count). The van der Waals surface area contributed by atoms with Crippen LogP contribution in [0.4, 0.5) is 4.39 Å². The predicted octanol–water partition coefficient (Wildman–Crippen LogP) is 1.76. The summed E-state index contributed by atoms with van der Waals surface area (Å²) in [7, 11) is 0. The van der Waals surface area contributed by atoms with E-state index in [9.17, 15) is 14.0 Å². The first-order chi connectivity index (χ1) is 12.1. The minimum atomic E-state index is -0.307. The maximum absolute atomic E-state index is 13.0. The van der Waals surface area contributed by atoms with Crippen LogP contribution in [0.2, 0.25) is 0 Å². The van der Waals surface area contributed by atoms with Crippen molar-refractivity contribution < 1.29 is 18.7 Å². The van der Waals surface area contributed by atoms with E-state index < -0.39 is 0 Å². The van der Waals surface area contributed by atoms with Crippen molar-refractivity contribution in [2.75, 3.05) is 32.8 Å². The van der Waals surface area contributed by atoms with Gasteiger partial charge in [0.2, 0.25) is 11.8 Å². The van der Waals surface area contributed by atoms with Gasteiger partial charge in [0.25, 0.3) is 0 Å². The molecule has 5 nitrogen and oxygen atoms in total. The second-order valence-electron chi connectivity index (χ2n) is 6.96. The number of piperidine rings is 1. The monoisotopic (exact) mass is 348 g/mol. The van der Waals surface area contributed by atoms with Gasteiger partial charge in [-0.1, -0.05) is 12.1 Å². The fraction of sp³-hybridized carbons (Fsp3) is 0.579. The van der Waals surface area contributed by atoms with Crippen LogP contribution in [-0.4, -0.2) is 49.6 Å². The second-order valence-corrected chi connectivity index (χ2v) is 6.96. The molecule has 2 heterocycles. The number of carbonyl (C=O) groups is 2. The number of likely N-dealkylation sites (tertiary alicyclic amines) is 1. The van der Waals surface area contributed by atoms with Gasteiger partial charge in [-0.3, -0.25) is 9.59 Å². The Morgan fingerprint density at radius 3 is 2.76 bits per heavy atom. The van der Waals surface area contributed by atoms with Crippen LogP contribution in [0.1, 0.15) is 24.8 Å². The largest absolute Gasteiger partial charge is 0.381 e. The summed E-state index contributed by atoms with van der Waals surface area (Å²) >= 11 is 0. The van der Waals surface area contributed by atoms with Crippen molar-refractivity contribution in [1.82, 2.24) is 10.2 Å². The third-order valence-corrected chi connectivity index (χ3v) is 5.00. The molecule has 0 saturated carbocycles. The highest BCUT2D eigenvalue weighted by molar-refractivity contribution is 5.82. The maximum atomic E-state index is 13.0. The summed E-state index contributed by atoms with van der Waals surface area (Å²) in [5.74, 6) is -0.0185. The van der Waals surface area contributed by atoms with Crippen LogP contribution in [0.15, 0.2) is 24.3 Å². The first-order valence-corrected chi connectivity index (χ1v) is 8.99. The average Bonchev–Trinajstić information content (AvgIpc) is 3.15. The first kappa shape index (κ1) is 17.9. The highest BCUT2D eigenvalue weighted by Gasteiger charge is 2.29. The Morgan fingerprint density at radius 1 is 1.24 bits per heavy atom. The lowest BCUT2D eigenvalue weighted by Crippen LogP contribution is -2.46. The Bertz CT molecular complexity index is 599. The van der Waals surface area contributed by atoms with Gasteiger partial charge in [-0.2, -0.15) is 0 Å². The molecule has 2 aliphatic rings. The van der Waals surface area contributed by atoms with Crippen molar-refractivity contribution >= 4 is 11.8 Å². The van der Waals surface area contributed by atoms with E-state index in [4.69, 9.17) is 4.74 Å². The van der Waals surface area contributed by atoms with Crippen molar-refractivity contribution in [1.29, 1.82) is 0 Å². The van der Waals surface area contributed by atoms with Gasteiger partial charge >= 0.3 is 0 Å². The number of rotatable bonds is 5. The van der Waals surface area contributed by atoms with Crippen LogP contribution in [0, 0.1) is 17.7 Å². The van der Waals surface area contributed by atoms with Crippen LogP contribution in [0.3, 0.4) is 0 Å². The lowest BCUT2D eigenvalue weighted by molar-refractivity contribution is -0.135. The number of nitrogens with one attached hydrogen (secondary N) is 1. The molecule has 0 aromatic heterocycles. The fourth-order valence-corrected chi connectivity index (χ4v) is 3.44. The molecule has 1 aromatic rings. The van der Waals surface area contributed by atoms with E-state index in [2.05, 4.69) is 5.32 Å². The molecule has 6 heteroatoms. The van der Waals surface area contributed by atoms with Crippen LogP contribution in [-0.2, 0) is 20.7 Å². The van der Waals surface area contributed by atoms with Gasteiger partial charge in [-0.25, -0.2) is 4.39 Å². The first-order valence-electron chi connectivity index (χ1n) is 8.99. The molecule has 1 aromatic carbocycles. The van der Waals surface area contributed by atoms with E-state index in [-0.39, 0.29) is 30.0 Å². The predicted molar refractivity (Wildman–Crippen MR) is 91.3 cm³/mol. The van der Waals surface area contributed by atoms with Gasteiger partial charge in [-0.05, 0) is 37.0 Å². The Balaban J connectivity index is 1.48. The Kier molecular flexibility index (Phi) is 6.02. The summed E-state index contributed by atoms with van der Waals surface area (Å²) in [4.78, 5) is 26.6. The van der Waals surface area contributed by atoms with Crippen molar-refractivity contribution in [3.8, 4) is 0 Å². The summed E-state index contributed by atoms with van der Waals surface area (Å²) in [5.41, 5.74) is 0.791. The molecule has 2 amide bonds. The summed E-state index contributed by atoms with van der Waals surface area (Å²) < 4.78 is 18.3. The van der Waals surface area contributed by atoms with Crippen molar-refractivity contribution in [3.63, 3.8) is 0 Å². The fourth-order valence-electron chi connectivity index (χ4n) is 3.44. The van der Waals surface area contributed by atoms with E-state index in [0.29, 0.717) is 32.2 Å². The average molecular weight is 348 g/mol. The molecular formula is C19H25FN2O3. The molecule has 2 atom stereocenters. The lowest BCUT2D eigenvalue weighted by atomic mass is 9.96. The zero-order chi connectivity index (χ0) is 17.6. The summed E-state index contributed by atoms with van der Waals surface area (Å²) in [6.07, 6.45) is 2.88. The van der Waals surface area contributed by atoms with Crippen molar-refractivity contribution in [3.05, 3.63) is 35.6 Å². The summed E-state index contributed by atoms with van der Waals surface area (Å²) in [6, 6.07) is 5.99. The highest BCUT2D eigenvalue weighted by atomic mass is 19.1. The molecule has 2 aliphatic heterocycles. The lowest BCUT2D eigenvalue weighted by Gasteiger charge is -2.32. The van der Waals surface area contributed by atoms with Gasteiger partial charge in [-0.15, -0.1) is 0 Å². The maximum Gasteiger partial charge on any atom is 0.227 e. The van der Waals surface area contributed by atoms with Gasteiger partial charge in [0.1, 0.15) is 5.82 Å². The van der Waals surface area contributed by atoms with Crippen LogP contribution in [0.5, 0.6) is 0 Å². The van der Waals surface area contributed by atoms with Crippen LogP contribution < -0.4 is 5.32 Å². The molecule has 2 fully saturated rings. The van der Waals surface area contributed by atoms with E-state index in [1.165, 1.54) is 12.1 Å². The third-order valence-electron chi connectivity index (χ3n) is 5.00. The number of amides is 2. The molecule has 0 radical (unpaired) electrons. The van der Waals surface area contributed by atoms with E-state index in [1.54, 1.807) is 17.0 Å². The summed E-state index contributed by atoms with van der Waals surface area (Å²) in [5, 5.41) is 3.01. The minimum absolute atomic E-state index is 0.00620. The quantitative estimate of drug-likeness (QED) is 0.882. The normalized spacial score (nSPS) is 23.5. The molecule has 1 N–H and O–H groups in total. The van der Waals surface area contributed by atoms with Crippen molar-refractivity contribution in [2.24, 2.45) is 11.8 Å². The topological polar surface area (TPSA) is 58.6 Å². The van der Waals surface area contributed by atoms with Gasteiger partial charge < -0.3 is 15.0 Å². The Morgan fingerprint density at radius 2 is 2.04 bits per heavy atom. The van der Waals surface area contributed by atoms with E-state index in [1.807, 2.05) is 0 Å². The molecule has 2 saturated heterocycles. The molecule has 2 unspecified atom stereocenters. The number of halogens is 1. The number of carbonyl (C=O) groups excluding carboxylic acids is 2. The number of hydrogen-bond donors (Lipinski definition) is 1. The van der Waals surface area contributed by atoms with E-state index >= 15 is 0 Å². The zero-order valence-corrected chi connectivity index (χ0v) is 14.4. The number of nitrogens with zero attached hydrogens (tertiary/aromatic N) is 1. The second kappa shape index (κ2) is 8.43. The molecule has 0 bridgehead atoms. The van der Waals surface area contributed by atoms with Gasteiger partial charge in [0.15, 0.2) is 0 Å². The number of ether oxygens (including phenoxy) is 1. The molecule has 0 aliphatic carbocycles. The van der Waals surface area contributed by atoms with Gasteiger partial charge in [0.05, 0.1) is 18.9 Å². The minimum Gasteiger partial charge on any atom is -0.381 e. The van der Waals surface area contributed by atoms with Crippen LogP contribution >= 0.6 is 0 Å². The standard InChI is InChI=1S/C19H25FN2O3/c20-17-5-3-14(4-6-17)10-18(23)22-8-1-2-16(12-22)19(24)21-11-15-7-9-25-13-15/h3-6,15-16H,1-2,7-13H2,(H,21,24). The Hall–Kier alpha value is -1.95. The Labute approximate surface area is 147 Å². The van der Waals surface area contributed by atoms with Gasteiger partial charge in [0, 0.05) is 32.2 Å². The third kappa shape index (κ3) is 5.01. The smallest absolute Gasteiger partial charge is 0.227 e. The molecule has 136 valence electrons. The van der Waals surface area contributed by atoms with E-state index in [0.717, 1.165) is 31.4 Å². The molecular weight excluding hydrogens is 323 g/mol. The number of hydrogen-bond acceptors (Lipinski definition) is 3. The molecule has 25 heavy (non-hydrogen) atoms. The van der Waals surface area contributed by atoms with Crippen LogP contribution in [0.25, 0.3) is 0 Å². The zero-order valence-electron chi connectivity index (χ0n) is 14.4.